The van der Waals surface area contributed by atoms with E-state index in [1.165, 1.54) is 18.5 Å². The van der Waals surface area contributed by atoms with E-state index < -0.39 is 0 Å². The predicted octanol–water partition coefficient (Wildman–Crippen LogP) is 2.81. The molecule has 0 unspecified atom stereocenters. The highest BCUT2D eigenvalue weighted by molar-refractivity contribution is 6.28. The van der Waals surface area contributed by atoms with Crippen molar-refractivity contribution >= 4 is 22.8 Å². The molecule has 2 heterocycles. The molecule has 4 nitrogen and oxygen atoms in total. The van der Waals surface area contributed by atoms with Crippen LogP contribution < -0.4 is 0 Å². The molecule has 84 valence electrons. The Balaban J connectivity index is 2.32. The van der Waals surface area contributed by atoms with Gasteiger partial charge in [0.15, 0.2) is 5.65 Å². The van der Waals surface area contributed by atoms with E-state index >= 15 is 0 Å². The standard InChI is InChI=1S/C11H6ClFN4/c12-11-16-8(6-2-1-3-7(13)4-6)9-10(17-11)15-5-14-9/h1-5H,(H,14,15,16,17). The summed E-state index contributed by atoms with van der Waals surface area (Å²) in [7, 11) is 0. The van der Waals surface area contributed by atoms with Crippen molar-refractivity contribution in [3.8, 4) is 11.3 Å². The van der Waals surface area contributed by atoms with E-state index in [-0.39, 0.29) is 11.1 Å². The van der Waals surface area contributed by atoms with Gasteiger partial charge in [-0.2, -0.15) is 4.98 Å². The molecule has 2 aromatic heterocycles. The van der Waals surface area contributed by atoms with Crippen LogP contribution in [0.25, 0.3) is 22.4 Å². The van der Waals surface area contributed by atoms with Crippen molar-refractivity contribution in [2.24, 2.45) is 0 Å². The zero-order valence-electron chi connectivity index (χ0n) is 8.48. The molecule has 0 aliphatic rings. The Morgan fingerprint density at radius 2 is 2.12 bits per heavy atom. The molecule has 0 bridgehead atoms. The number of hydrogen-bond donors (Lipinski definition) is 1. The Morgan fingerprint density at radius 3 is 2.94 bits per heavy atom. The van der Waals surface area contributed by atoms with Gasteiger partial charge in [-0.3, -0.25) is 0 Å². The van der Waals surface area contributed by atoms with Crippen LogP contribution in [0.5, 0.6) is 0 Å². The summed E-state index contributed by atoms with van der Waals surface area (Å²) in [6.45, 7) is 0. The number of nitrogens with zero attached hydrogens (tertiary/aromatic N) is 3. The highest BCUT2D eigenvalue weighted by atomic mass is 35.5. The van der Waals surface area contributed by atoms with E-state index in [0.717, 1.165) is 0 Å². The van der Waals surface area contributed by atoms with E-state index in [4.69, 9.17) is 11.6 Å². The minimum atomic E-state index is -0.329. The Morgan fingerprint density at radius 1 is 1.24 bits per heavy atom. The topological polar surface area (TPSA) is 54.5 Å². The molecule has 3 rings (SSSR count). The summed E-state index contributed by atoms with van der Waals surface area (Å²) < 4.78 is 13.2. The lowest BCUT2D eigenvalue weighted by Gasteiger charge is -2.02. The Labute approximate surface area is 101 Å². The van der Waals surface area contributed by atoms with Crippen molar-refractivity contribution in [3.63, 3.8) is 0 Å². The summed E-state index contributed by atoms with van der Waals surface area (Å²) in [5.74, 6) is -0.329. The normalized spacial score (nSPS) is 10.9. The van der Waals surface area contributed by atoms with Crippen LogP contribution in [0.15, 0.2) is 30.6 Å². The minimum absolute atomic E-state index is 0.0869. The first kappa shape index (κ1) is 10.2. The van der Waals surface area contributed by atoms with Gasteiger partial charge in [0, 0.05) is 5.56 Å². The van der Waals surface area contributed by atoms with Crippen LogP contribution in [0.1, 0.15) is 0 Å². The zero-order valence-corrected chi connectivity index (χ0v) is 9.24. The lowest BCUT2D eigenvalue weighted by Crippen LogP contribution is -1.91. The Bertz CT molecular complexity index is 695. The number of rotatable bonds is 1. The molecule has 6 heteroatoms. The van der Waals surface area contributed by atoms with Crippen LogP contribution in [0.4, 0.5) is 4.39 Å². The van der Waals surface area contributed by atoms with E-state index in [9.17, 15) is 4.39 Å². The monoisotopic (exact) mass is 248 g/mol. The van der Waals surface area contributed by atoms with Crippen molar-refractivity contribution < 1.29 is 4.39 Å². The fourth-order valence-electron chi connectivity index (χ4n) is 1.65. The van der Waals surface area contributed by atoms with Crippen molar-refractivity contribution in [2.45, 2.75) is 0 Å². The van der Waals surface area contributed by atoms with Gasteiger partial charge in [0.25, 0.3) is 0 Å². The average Bonchev–Trinajstić information content (AvgIpc) is 2.75. The Hall–Kier alpha value is -2.01. The van der Waals surface area contributed by atoms with E-state index in [0.29, 0.717) is 22.4 Å². The third kappa shape index (κ3) is 1.74. The Kier molecular flexibility index (Phi) is 2.26. The van der Waals surface area contributed by atoms with Gasteiger partial charge in [0.2, 0.25) is 5.28 Å². The van der Waals surface area contributed by atoms with Gasteiger partial charge in [-0.1, -0.05) is 12.1 Å². The lowest BCUT2D eigenvalue weighted by molar-refractivity contribution is 0.628. The molecule has 0 saturated carbocycles. The quantitative estimate of drug-likeness (QED) is 0.674. The molecular weight excluding hydrogens is 243 g/mol. The number of fused-ring (bicyclic) bond motifs is 1. The van der Waals surface area contributed by atoms with E-state index in [1.807, 2.05) is 0 Å². The largest absolute Gasteiger partial charge is 0.341 e. The summed E-state index contributed by atoms with van der Waals surface area (Å²) in [6, 6.07) is 6.13. The van der Waals surface area contributed by atoms with Gasteiger partial charge >= 0.3 is 0 Å². The second-order valence-corrected chi connectivity index (χ2v) is 3.79. The van der Waals surface area contributed by atoms with Crippen molar-refractivity contribution in [3.05, 3.63) is 41.7 Å². The first-order valence-electron chi connectivity index (χ1n) is 4.86. The summed E-state index contributed by atoms with van der Waals surface area (Å²) >= 11 is 5.80. The van der Waals surface area contributed by atoms with Crippen LogP contribution in [0.2, 0.25) is 5.28 Å². The number of imidazole rings is 1. The average molecular weight is 249 g/mol. The lowest BCUT2D eigenvalue weighted by atomic mass is 10.1. The number of aromatic amines is 1. The number of hydrogen-bond acceptors (Lipinski definition) is 3. The molecule has 0 aliphatic carbocycles. The molecule has 0 atom stereocenters. The fraction of sp³-hybridized carbons (Fsp3) is 0. The van der Waals surface area contributed by atoms with Crippen LogP contribution in [0.3, 0.4) is 0 Å². The van der Waals surface area contributed by atoms with Crippen LogP contribution in [0, 0.1) is 5.82 Å². The molecule has 0 fully saturated rings. The summed E-state index contributed by atoms with van der Waals surface area (Å²) in [5.41, 5.74) is 2.27. The summed E-state index contributed by atoms with van der Waals surface area (Å²) in [5, 5.41) is 0.0869. The second-order valence-electron chi connectivity index (χ2n) is 3.45. The molecule has 17 heavy (non-hydrogen) atoms. The van der Waals surface area contributed by atoms with Crippen LogP contribution >= 0.6 is 11.6 Å². The maximum absolute atomic E-state index is 13.2. The molecular formula is C11H6ClFN4. The smallest absolute Gasteiger partial charge is 0.225 e. The molecule has 0 aliphatic heterocycles. The van der Waals surface area contributed by atoms with E-state index in [2.05, 4.69) is 19.9 Å². The molecule has 1 N–H and O–H groups in total. The second kappa shape index (κ2) is 3.78. The number of nitrogens with one attached hydrogen (secondary N) is 1. The number of aromatic nitrogens is 4. The third-order valence-corrected chi connectivity index (χ3v) is 2.53. The number of benzene rings is 1. The molecule has 1 aromatic carbocycles. The van der Waals surface area contributed by atoms with Gasteiger partial charge < -0.3 is 4.98 Å². The highest BCUT2D eigenvalue weighted by Gasteiger charge is 2.11. The van der Waals surface area contributed by atoms with Gasteiger partial charge in [0.05, 0.1) is 6.33 Å². The van der Waals surface area contributed by atoms with Crippen LogP contribution in [-0.4, -0.2) is 19.9 Å². The molecule has 0 radical (unpaired) electrons. The highest BCUT2D eigenvalue weighted by Crippen LogP contribution is 2.25. The van der Waals surface area contributed by atoms with Gasteiger partial charge in [-0.25, -0.2) is 14.4 Å². The maximum atomic E-state index is 13.2. The summed E-state index contributed by atoms with van der Waals surface area (Å²) in [4.78, 5) is 15.0. The van der Waals surface area contributed by atoms with Crippen LogP contribution in [-0.2, 0) is 0 Å². The van der Waals surface area contributed by atoms with E-state index in [1.54, 1.807) is 12.1 Å². The summed E-state index contributed by atoms with van der Waals surface area (Å²) in [6.07, 6.45) is 1.50. The molecule has 0 spiro atoms. The molecule has 0 amide bonds. The van der Waals surface area contributed by atoms with Gasteiger partial charge in [-0.15, -0.1) is 0 Å². The first-order valence-corrected chi connectivity index (χ1v) is 5.24. The van der Waals surface area contributed by atoms with Crippen molar-refractivity contribution in [1.82, 2.24) is 19.9 Å². The molecule has 3 aromatic rings. The first-order chi connectivity index (χ1) is 8.24. The van der Waals surface area contributed by atoms with Crippen molar-refractivity contribution in [1.29, 1.82) is 0 Å². The number of halogens is 2. The van der Waals surface area contributed by atoms with Gasteiger partial charge in [-0.05, 0) is 23.7 Å². The third-order valence-electron chi connectivity index (χ3n) is 2.36. The molecule has 0 saturated heterocycles. The maximum Gasteiger partial charge on any atom is 0.225 e. The fourth-order valence-corrected chi connectivity index (χ4v) is 1.82. The predicted molar refractivity (Wildman–Crippen MR) is 62.1 cm³/mol. The number of H-pyrrole nitrogens is 1. The zero-order chi connectivity index (χ0) is 11.8. The minimum Gasteiger partial charge on any atom is -0.341 e. The van der Waals surface area contributed by atoms with Gasteiger partial charge in [0.1, 0.15) is 17.0 Å². The van der Waals surface area contributed by atoms with Crippen molar-refractivity contribution in [2.75, 3.05) is 0 Å². The SMILES string of the molecule is Fc1cccc(-c2nc(Cl)nc3nc[nH]c23)c1.